The molecule has 2 rings (SSSR count). The van der Waals surface area contributed by atoms with Gasteiger partial charge in [0, 0.05) is 11.1 Å². The first-order valence-corrected chi connectivity index (χ1v) is 7.56. The molecule has 0 amide bonds. The summed E-state index contributed by atoms with van der Waals surface area (Å²) < 4.78 is 26.4. The lowest BCUT2D eigenvalue weighted by atomic mass is 10.3. The van der Waals surface area contributed by atoms with E-state index in [4.69, 9.17) is 17.3 Å². The SMILES string of the molecule is Cc1cnc(NS(=O)(=O)c2ccc(N)c(Cl)c2)s1. The molecular formula is C10H10ClN3O2S2. The number of nitrogen functional groups attached to an aromatic ring is 1. The molecule has 1 aromatic carbocycles. The maximum Gasteiger partial charge on any atom is 0.263 e. The number of aryl methyl sites for hydroxylation is 1. The Morgan fingerprint density at radius 1 is 1.44 bits per heavy atom. The predicted octanol–water partition coefficient (Wildman–Crippen LogP) is 2.49. The Balaban J connectivity index is 2.33. The number of anilines is 2. The second kappa shape index (κ2) is 4.75. The van der Waals surface area contributed by atoms with Crippen LogP contribution in [0.1, 0.15) is 4.88 Å². The molecule has 5 nitrogen and oxygen atoms in total. The van der Waals surface area contributed by atoms with Crippen molar-refractivity contribution in [2.45, 2.75) is 11.8 Å². The van der Waals surface area contributed by atoms with Gasteiger partial charge in [-0.25, -0.2) is 13.4 Å². The van der Waals surface area contributed by atoms with E-state index in [2.05, 4.69) is 9.71 Å². The number of benzene rings is 1. The number of nitrogens with one attached hydrogen (secondary N) is 1. The minimum Gasteiger partial charge on any atom is -0.398 e. The third kappa shape index (κ3) is 2.74. The van der Waals surface area contributed by atoms with Crippen LogP contribution in [0.25, 0.3) is 0 Å². The molecule has 0 radical (unpaired) electrons. The largest absolute Gasteiger partial charge is 0.398 e. The summed E-state index contributed by atoms with van der Waals surface area (Å²) in [6.45, 7) is 1.84. The molecule has 96 valence electrons. The lowest BCUT2D eigenvalue weighted by molar-refractivity contribution is 0.601. The zero-order valence-electron chi connectivity index (χ0n) is 9.34. The highest BCUT2D eigenvalue weighted by Gasteiger charge is 2.16. The van der Waals surface area contributed by atoms with Crippen molar-refractivity contribution >= 4 is 43.8 Å². The number of nitrogens with two attached hydrogens (primary N) is 1. The summed E-state index contributed by atoms with van der Waals surface area (Å²) in [4.78, 5) is 4.91. The molecule has 8 heteroatoms. The molecule has 0 saturated carbocycles. The Morgan fingerprint density at radius 2 is 2.17 bits per heavy atom. The van der Waals surface area contributed by atoms with E-state index in [1.807, 2.05) is 6.92 Å². The Bertz CT molecular complexity index is 682. The fourth-order valence-corrected chi connectivity index (χ4v) is 3.43. The van der Waals surface area contributed by atoms with Crippen molar-refractivity contribution in [3.8, 4) is 0 Å². The Kier molecular flexibility index (Phi) is 3.47. The number of rotatable bonds is 3. The van der Waals surface area contributed by atoms with Gasteiger partial charge in [-0.1, -0.05) is 11.6 Å². The highest BCUT2D eigenvalue weighted by Crippen LogP contribution is 2.25. The van der Waals surface area contributed by atoms with Crippen molar-refractivity contribution in [3.05, 3.63) is 34.3 Å². The van der Waals surface area contributed by atoms with Crippen LogP contribution < -0.4 is 10.5 Å². The number of nitrogens with zero attached hydrogens (tertiary/aromatic N) is 1. The molecule has 0 bridgehead atoms. The second-order valence-electron chi connectivity index (χ2n) is 3.56. The molecule has 0 saturated heterocycles. The van der Waals surface area contributed by atoms with Gasteiger partial charge in [-0.3, -0.25) is 4.72 Å². The fraction of sp³-hybridized carbons (Fsp3) is 0.100. The maximum absolute atomic E-state index is 12.0. The fourth-order valence-electron chi connectivity index (χ4n) is 1.25. The van der Waals surface area contributed by atoms with Crippen molar-refractivity contribution < 1.29 is 8.42 Å². The first-order chi connectivity index (χ1) is 8.38. The molecule has 1 aromatic heterocycles. The Labute approximate surface area is 114 Å². The minimum absolute atomic E-state index is 0.0505. The van der Waals surface area contributed by atoms with Crippen LogP contribution in [0, 0.1) is 6.92 Å². The molecule has 18 heavy (non-hydrogen) atoms. The van der Waals surface area contributed by atoms with Crippen molar-refractivity contribution in [2.75, 3.05) is 10.5 Å². The summed E-state index contributed by atoms with van der Waals surface area (Å²) in [6, 6.07) is 4.15. The van der Waals surface area contributed by atoms with Crippen LogP contribution in [-0.2, 0) is 10.0 Å². The summed E-state index contributed by atoms with van der Waals surface area (Å²) in [7, 11) is -3.68. The molecule has 0 atom stereocenters. The first-order valence-electron chi connectivity index (χ1n) is 4.89. The minimum atomic E-state index is -3.68. The van der Waals surface area contributed by atoms with E-state index in [9.17, 15) is 8.42 Å². The lowest BCUT2D eigenvalue weighted by Gasteiger charge is -2.06. The van der Waals surface area contributed by atoms with Gasteiger partial charge in [-0.2, -0.15) is 0 Å². The lowest BCUT2D eigenvalue weighted by Crippen LogP contribution is -2.12. The highest BCUT2D eigenvalue weighted by atomic mass is 35.5. The van der Waals surface area contributed by atoms with Gasteiger partial charge in [0.05, 0.1) is 15.6 Å². The zero-order chi connectivity index (χ0) is 13.3. The van der Waals surface area contributed by atoms with E-state index < -0.39 is 10.0 Å². The molecular weight excluding hydrogens is 294 g/mol. The molecule has 0 aliphatic carbocycles. The van der Waals surface area contributed by atoms with Crippen LogP contribution in [0.15, 0.2) is 29.3 Å². The third-order valence-electron chi connectivity index (χ3n) is 2.13. The van der Waals surface area contributed by atoms with Crippen molar-refractivity contribution in [1.82, 2.24) is 4.98 Å². The standard InChI is InChI=1S/C10H10ClN3O2S2/c1-6-5-13-10(17-6)14-18(15,16)7-2-3-9(12)8(11)4-7/h2-5H,12H2,1H3,(H,13,14). The van der Waals surface area contributed by atoms with Crippen molar-refractivity contribution in [1.29, 1.82) is 0 Å². The zero-order valence-corrected chi connectivity index (χ0v) is 11.7. The van der Waals surface area contributed by atoms with E-state index in [-0.39, 0.29) is 9.92 Å². The number of hydrogen-bond donors (Lipinski definition) is 2. The molecule has 2 aromatic rings. The van der Waals surface area contributed by atoms with Gasteiger partial charge < -0.3 is 5.73 Å². The summed E-state index contributed by atoms with van der Waals surface area (Å²) >= 11 is 7.05. The molecule has 0 unspecified atom stereocenters. The number of hydrogen-bond acceptors (Lipinski definition) is 5. The van der Waals surface area contributed by atoms with E-state index in [1.165, 1.54) is 29.5 Å². The van der Waals surface area contributed by atoms with Crippen LogP contribution in [0.2, 0.25) is 5.02 Å². The van der Waals surface area contributed by atoms with E-state index >= 15 is 0 Å². The van der Waals surface area contributed by atoms with Gasteiger partial charge in [0.2, 0.25) is 0 Å². The topological polar surface area (TPSA) is 85.1 Å². The molecule has 3 N–H and O–H groups in total. The summed E-state index contributed by atoms with van der Waals surface area (Å²) in [5.41, 5.74) is 5.86. The van der Waals surface area contributed by atoms with E-state index in [0.717, 1.165) is 4.88 Å². The molecule has 1 heterocycles. The van der Waals surface area contributed by atoms with Gasteiger partial charge in [-0.05, 0) is 25.1 Å². The Morgan fingerprint density at radius 3 is 2.72 bits per heavy atom. The van der Waals surface area contributed by atoms with Crippen LogP contribution >= 0.6 is 22.9 Å². The normalized spacial score (nSPS) is 11.4. The first kappa shape index (κ1) is 13.1. The average Bonchev–Trinajstić information content (AvgIpc) is 2.67. The number of aromatic nitrogens is 1. The van der Waals surface area contributed by atoms with Crippen LogP contribution in [0.4, 0.5) is 10.8 Å². The monoisotopic (exact) mass is 303 g/mol. The van der Waals surface area contributed by atoms with Gasteiger partial charge in [0.25, 0.3) is 10.0 Å². The van der Waals surface area contributed by atoms with Gasteiger partial charge >= 0.3 is 0 Å². The molecule has 0 aliphatic heterocycles. The average molecular weight is 304 g/mol. The number of thiazole rings is 1. The second-order valence-corrected chi connectivity index (χ2v) is 6.89. The number of sulfonamides is 1. The smallest absolute Gasteiger partial charge is 0.263 e. The van der Waals surface area contributed by atoms with Gasteiger partial charge in [0.1, 0.15) is 0 Å². The van der Waals surface area contributed by atoms with Crippen LogP contribution in [0.5, 0.6) is 0 Å². The van der Waals surface area contributed by atoms with E-state index in [0.29, 0.717) is 10.8 Å². The highest BCUT2D eigenvalue weighted by molar-refractivity contribution is 7.93. The molecule has 0 spiro atoms. The maximum atomic E-state index is 12.0. The summed E-state index contributed by atoms with van der Waals surface area (Å²) in [5, 5.41) is 0.522. The van der Waals surface area contributed by atoms with Crippen LogP contribution in [0.3, 0.4) is 0 Å². The van der Waals surface area contributed by atoms with Crippen molar-refractivity contribution in [2.24, 2.45) is 0 Å². The third-order valence-corrected chi connectivity index (χ3v) is 4.75. The summed E-state index contributed by atoms with van der Waals surface area (Å²) in [6.07, 6.45) is 1.60. The van der Waals surface area contributed by atoms with Gasteiger partial charge in [0.15, 0.2) is 5.13 Å². The predicted molar refractivity (Wildman–Crippen MR) is 73.5 cm³/mol. The molecule has 0 fully saturated rings. The van der Waals surface area contributed by atoms with Crippen molar-refractivity contribution in [3.63, 3.8) is 0 Å². The Hall–Kier alpha value is -1.31. The number of halogens is 1. The van der Waals surface area contributed by atoms with Gasteiger partial charge in [-0.15, -0.1) is 11.3 Å². The van der Waals surface area contributed by atoms with E-state index in [1.54, 1.807) is 6.20 Å². The quantitative estimate of drug-likeness (QED) is 0.853. The molecule has 0 aliphatic rings. The summed E-state index contributed by atoms with van der Waals surface area (Å²) in [5.74, 6) is 0. The van der Waals surface area contributed by atoms with Crippen LogP contribution in [-0.4, -0.2) is 13.4 Å².